The molecule has 1 aromatic rings. The van der Waals surface area contributed by atoms with Crippen LogP contribution >= 0.6 is 11.8 Å². The van der Waals surface area contributed by atoms with Crippen molar-refractivity contribution in [2.24, 2.45) is 7.05 Å². The molecule has 9 heteroatoms. The van der Waals surface area contributed by atoms with Crippen molar-refractivity contribution in [2.75, 3.05) is 5.75 Å². The number of rotatable bonds is 3. The molecule has 0 fully saturated rings. The van der Waals surface area contributed by atoms with Crippen LogP contribution in [0.4, 0.5) is 13.2 Å². The zero-order valence-corrected chi connectivity index (χ0v) is 8.26. The number of hydrogen-bond donors (Lipinski definition) is 1. The molecular formula is C6H6F3N3O2S. The number of nitrogens with zero attached hydrogens (tertiary/aromatic N) is 3. The summed E-state index contributed by atoms with van der Waals surface area (Å²) in [6, 6.07) is 0. The Kier molecular flexibility index (Phi) is 3.22. The number of carboxylic acids is 1. The van der Waals surface area contributed by atoms with Gasteiger partial charge in [-0.2, -0.15) is 18.2 Å². The Labute approximate surface area is 86.3 Å². The van der Waals surface area contributed by atoms with Crippen LogP contribution in [0.1, 0.15) is 5.82 Å². The summed E-state index contributed by atoms with van der Waals surface area (Å²) in [5, 5.41) is 11.4. The highest BCUT2D eigenvalue weighted by atomic mass is 32.2. The van der Waals surface area contributed by atoms with E-state index in [9.17, 15) is 18.0 Å². The zero-order valence-electron chi connectivity index (χ0n) is 7.45. The van der Waals surface area contributed by atoms with Crippen LogP contribution in [-0.2, 0) is 18.0 Å². The number of carbonyl (C=O) groups is 1. The van der Waals surface area contributed by atoms with Crippen molar-refractivity contribution in [1.82, 2.24) is 14.8 Å². The number of hydrogen-bond acceptors (Lipinski definition) is 4. The first-order valence-corrected chi connectivity index (χ1v) is 4.62. The van der Waals surface area contributed by atoms with E-state index in [-0.39, 0.29) is 10.9 Å². The molecule has 0 saturated heterocycles. The van der Waals surface area contributed by atoms with Gasteiger partial charge in [0.15, 0.2) is 5.16 Å². The molecule has 0 aromatic carbocycles. The van der Waals surface area contributed by atoms with Crippen LogP contribution in [0, 0.1) is 0 Å². The molecule has 1 N–H and O–H groups in total. The monoisotopic (exact) mass is 241 g/mol. The van der Waals surface area contributed by atoms with Gasteiger partial charge in [-0.05, 0) is 0 Å². The second-order valence-electron chi connectivity index (χ2n) is 2.52. The van der Waals surface area contributed by atoms with Crippen molar-refractivity contribution in [3.05, 3.63) is 5.82 Å². The fourth-order valence-corrected chi connectivity index (χ4v) is 1.37. The van der Waals surface area contributed by atoms with Gasteiger partial charge in [-0.15, -0.1) is 5.10 Å². The van der Waals surface area contributed by atoms with Crippen molar-refractivity contribution < 1.29 is 23.1 Å². The Hall–Kier alpha value is -1.25. The number of aromatic nitrogens is 3. The number of alkyl halides is 3. The van der Waals surface area contributed by atoms with Gasteiger partial charge in [0.05, 0.1) is 5.75 Å². The average molecular weight is 241 g/mol. The third kappa shape index (κ3) is 3.11. The minimum absolute atomic E-state index is 0.0790. The van der Waals surface area contributed by atoms with E-state index >= 15 is 0 Å². The predicted octanol–water partition coefficient (Wildman–Crippen LogP) is 1.01. The highest BCUT2D eigenvalue weighted by molar-refractivity contribution is 7.99. The van der Waals surface area contributed by atoms with Crippen molar-refractivity contribution in [2.45, 2.75) is 11.3 Å². The van der Waals surface area contributed by atoms with E-state index in [1.54, 1.807) is 0 Å². The molecule has 1 aromatic heterocycles. The zero-order chi connectivity index (χ0) is 11.6. The molecule has 84 valence electrons. The first-order chi connectivity index (χ1) is 6.80. The molecule has 1 rings (SSSR count). The van der Waals surface area contributed by atoms with E-state index < -0.39 is 18.0 Å². The minimum atomic E-state index is -4.61. The van der Waals surface area contributed by atoms with Crippen LogP contribution in [-0.4, -0.2) is 31.6 Å². The maximum absolute atomic E-state index is 12.1. The second kappa shape index (κ2) is 4.09. The minimum Gasteiger partial charge on any atom is -0.481 e. The number of thioether (sulfide) groups is 1. The Balaban J connectivity index is 2.82. The van der Waals surface area contributed by atoms with Gasteiger partial charge in [0.25, 0.3) is 5.82 Å². The van der Waals surface area contributed by atoms with Gasteiger partial charge in [-0.1, -0.05) is 11.8 Å². The largest absolute Gasteiger partial charge is 0.481 e. The fraction of sp³-hybridized carbons (Fsp3) is 0.500. The van der Waals surface area contributed by atoms with E-state index in [0.717, 1.165) is 4.68 Å². The fourth-order valence-electron chi connectivity index (χ4n) is 0.742. The van der Waals surface area contributed by atoms with E-state index in [0.29, 0.717) is 11.8 Å². The summed E-state index contributed by atoms with van der Waals surface area (Å²) in [5.74, 6) is -2.75. The van der Waals surface area contributed by atoms with Gasteiger partial charge in [0.1, 0.15) is 0 Å². The van der Waals surface area contributed by atoms with Crippen molar-refractivity contribution in [3.8, 4) is 0 Å². The highest BCUT2D eigenvalue weighted by Crippen LogP contribution is 2.28. The Morgan fingerprint density at radius 2 is 2.20 bits per heavy atom. The first kappa shape index (κ1) is 11.8. The normalized spacial score (nSPS) is 11.7. The van der Waals surface area contributed by atoms with Gasteiger partial charge < -0.3 is 5.11 Å². The van der Waals surface area contributed by atoms with Crippen LogP contribution in [0.5, 0.6) is 0 Å². The van der Waals surface area contributed by atoms with E-state index in [1.165, 1.54) is 7.05 Å². The molecule has 15 heavy (non-hydrogen) atoms. The number of halogens is 3. The van der Waals surface area contributed by atoms with E-state index in [4.69, 9.17) is 5.11 Å². The molecule has 0 unspecified atom stereocenters. The first-order valence-electron chi connectivity index (χ1n) is 3.63. The van der Waals surface area contributed by atoms with Crippen molar-refractivity contribution >= 4 is 17.7 Å². The molecule has 0 spiro atoms. The Morgan fingerprint density at radius 3 is 2.60 bits per heavy atom. The third-order valence-electron chi connectivity index (χ3n) is 1.30. The molecule has 1 heterocycles. The van der Waals surface area contributed by atoms with Crippen LogP contribution in [0.15, 0.2) is 5.16 Å². The molecule has 0 amide bonds. The topological polar surface area (TPSA) is 68.0 Å². The van der Waals surface area contributed by atoms with Gasteiger partial charge >= 0.3 is 12.1 Å². The van der Waals surface area contributed by atoms with E-state index in [1.807, 2.05) is 0 Å². The van der Waals surface area contributed by atoms with Gasteiger partial charge in [-0.25, -0.2) is 4.68 Å². The predicted molar refractivity (Wildman–Crippen MR) is 44.4 cm³/mol. The molecule has 0 bridgehead atoms. The smallest absolute Gasteiger partial charge is 0.453 e. The molecule has 0 aliphatic carbocycles. The van der Waals surface area contributed by atoms with Gasteiger partial charge in [0, 0.05) is 7.05 Å². The van der Waals surface area contributed by atoms with Crippen molar-refractivity contribution in [1.29, 1.82) is 0 Å². The van der Waals surface area contributed by atoms with Gasteiger partial charge in [0.2, 0.25) is 0 Å². The third-order valence-corrected chi connectivity index (χ3v) is 2.31. The standard InChI is InChI=1S/C6H6F3N3O2S/c1-12-5(15-2-3(13)14)10-4(11-12)6(7,8)9/h2H2,1H3,(H,13,14). The summed E-state index contributed by atoms with van der Waals surface area (Å²) in [6.45, 7) is 0. The Bertz CT molecular complexity index is 376. The molecule has 0 aliphatic rings. The summed E-state index contributed by atoms with van der Waals surface area (Å²) < 4.78 is 37.2. The molecule has 5 nitrogen and oxygen atoms in total. The van der Waals surface area contributed by atoms with Crippen LogP contribution in [0.2, 0.25) is 0 Å². The van der Waals surface area contributed by atoms with Crippen LogP contribution < -0.4 is 0 Å². The SMILES string of the molecule is Cn1nc(C(F)(F)F)nc1SCC(=O)O. The lowest BCUT2D eigenvalue weighted by molar-refractivity contribution is -0.145. The number of aliphatic carboxylic acids is 1. The summed E-state index contributed by atoms with van der Waals surface area (Å²) in [5.41, 5.74) is 0. The lowest BCUT2D eigenvalue weighted by atomic mass is 10.6. The molecule has 0 aliphatic heterocycles. The second-order valence-corrected chi connectivity index (χ2v) is 3.46. The quantitative estimate of drug-likeness (QED) is 0.800. The lowest BCUT2D eigenvalue weighted by Crippen LogP contribution is -2.08. The molecule has 0 radical (unpaired) electrons. The lowest BCUT2D eigenvalue weighted by Gasteiger charge is -1.97. The maximum Gasteiger partial charge on any atom is 0.453 e. The maximum atomic E-state index is 12.1. The highest BCUT2D eigenvalue weighted by Gasteiger charge is 2.36. The molecular weight excluding hydrogens is 235 g/mol. The van der Waals surface area contributed by atoms with Crippen LogP contribution in [0.25, 0.3) is 0 Å². The van der Waals surface area contributed by atoms with Crippen molar-refractivity contribution in [3.63, 3.8) is 0 Å². The molecule has 0 saturated carbocycles. The summed E-state index contributed by atoms with van der Waals surface area (Å²) in [7, 11) is 1.27. The average Bonchev–Trinajstić information content (AvgIpc) is 2.42. The molecule has 0 atom stereocenters. The summed E-state index contributed by atoms with van der Waals surface area (Å²) >= 11 is 0.682. The number of aryl methyl sites for hydroxylation is 1. The van der Waals surface area contributed by atoms with Crippen LogP contribution in [0.3, 0.4) is 0 Å². The summed E-state index contributed by atoms with van der Waals surface area (Å²) in [6.07, 6.45) is -4.61. The summed E-state index contributed by atoms with van der Waals surface area (Å²) in [4.78, 5) is 13.4. The Morgan fingerprint density at radius 1 is 1.60 bits per heavy atom. The van der Waals surface area contributed by atoms with E-state index in [2.05, 4.69) is 10.1 Å². The van der Waals surface area contributed by atoms with Gasteiger partial charge in [-0.3, -0.25) is 4.79 Å². The number of carboxylic acid groups (broad SMARTS) is 1.